The normalized spacial score (nSPS) is 11.7. The second kappa shape index (κ2) is 17.3. The van der Waals surface area contributed by atoms with E-state index in [4.69, 9.17) is 15.0 Å². The van der Waals surface area contributed by atoms with Gasteiger partial charge < -0.3 is 13.7 Å². The van der Waals surface area contributed by atoms with Crippen molar-refractivity contribution in [1.29, 1.82) is 0 Å². The van der Waals surface area contributed by atoms with Crippen LogP contribution in [-0.2, 0) is 0 Å². The first kappa shape index (κ1) is 42.5. The van der Waals surface area contributed by atoms with Crippen LogP contribution in [0.1, 0.15) is 0 Å². The zero-order valence-corrected chi connectivity index (χ0v) is 40.6. The Balaban J connectivity index is 0.802. The van der Waals surface area contributed by atoms with Gasteiger partial charge in [-0.15, -0.1) is 0 Å². The van der Waals surface area contributed by atoms with E-state index in [0.717, 1.165) is 44.8 Å². The van der Waals surface area contributed by atoms with Gasteiger partial charge in [-0.1, -0.05) is 176 Å². The molecule has 0 bridgehead atoms. The summed E-state index contributed by atoms with van der Waals surface area (Å²) in [4.78, 5) is 14.9. The van der Waals surface area contributed by atoms with Crippen molar-refractivity contribution in [2.45, 2.75) is 0 Å². The summed E-state index contributed by atoms with van der Waals surface area (Å²) in [5.74, 6) is 1.92. The van der Waals surface area contributed by atoms with Crippen LogP contribution < -0.4 is 0 Å². The van der Waals surface area contributed by atoms with E-state index in [9.17, 15) is 0 Å². The van der Waals surface area contributed by atoms with Gasteiger partial charge in [-0.05, 0) is 113 Å². The second-order valence-corrected chi connectivity index (χ2v) is 19.2. The highest BCUT2D eigenvalue weighted by molar-refractivity contribution is 6.17. The molecule has 4 aromatic heterocycles. The van der Waals surface area contributed by atoms with Gasteiger partial charge in [0, 0.05) is 66.1 Å². The van der Waals surface area contributed by atoms with Gasteiger partial charge in [0.2, 0.25) is 0 Å². The molecule has 0 spiro atoms. The van der Waals surface area contributed by atoms with Crippen LogP contribution in [0.15, 0.2) is 267 Å². The highest BCUT2D eigenvalue weighted by atomic mass is 15.0. The highest BCUT2D eigenvalue weighted by Gasteiger charge is 2.20. The lowest BCUT2D eigenvalue weighted by molar-refractivity contribution is 1.07. The van der Waals surface area contributed by atoms with E-state index in [1.807, 2.05) is 60.7 Å². The van der Waals surface area contributed by atoms with Gasteiger partial charge in [0.1, 0.15) is 0 Å². The predicted molar refractivity (Wildman–Crippen MR) is 310 cm³/mol. The summed E-state index contributed by atoms with van der Waals surface area (Å²) in [6.45, 7) is 0. The molecule has 0 atom stereocenters. The lowest BCUT2D eigenvalue weighted by atomic mass is 9.98. The number of benzene rings is 11. The highest BCUT2D eigenvalue weighted by Crippen LogP contribution is 2.42. The van der Waals surface area contributed by atoms with Crippen LogP contribution in [0.25, 0.3) is 139 Å². The van der Waals surface area contributed by atoms with Gasteiger partial charge in [-0.25, -0.2) is 15.0 Å². The smallest absolute Gasteiger partial charge is 0.164 e. The SMILES string of the molecule is c1ccc(-c2nc(-c3ccccc3)nc(-c3ccc(-n4c5ccccc5c5c(-c6ccc7c(c6)c6ccccc6n7-c6cccc(-c7ccc(-n8c9ccccc9c9ccccc98)cc7)c6)cccc54)cc3)n2)cc1. The molecule has 0 aliphatic carbocycles. The van der Waals surface area contributed by atoms with Crippen molar-refractivity contribution in [2.75, 3.05) is 0 Å². The average molecular weight is 957 g/mol. The van der Waals surface area contributed by atoms with Gasteiger partial charge in [0.25, 0.3) is 0 Å². The first-order valence-corrected chi connectivity index (χ1v) is 25.4. The number of nitrogens with zero attached hydrogens (tertiary/aromatic N) is 6. The first-order valence-electron chi connectivity index (χ1n) is 25.4. The van der Waals surface area contributed by atoms with E-state index in [1.54, 1.807) is 0 Å². The minimum atomic E-state index is 0.630. The fourth-order valence-corrected chi connectivity index (χ4v) is 11.5. The molecule has 0 saturated heterocycles. The number of hydrogen-bond donors (Lipinski definition) is 0. The third-order valence-electron chi connectivity index (χ3n) is 14.9. The molecule has 11 aromatic carbocycles. The molecule has 6 nitrogen and oxygen atoms in total. The van der Waals surface area contributed by atoms with E-state index in [1.165, 1.54) is 76.6 Å². The summed E-state index contributed by atoms with van der Waals surface area (Å²) in [6.07, 6.45) is 0. The Labute approximate surface area is 432 Å². The summed E-state index contributed by atoms with van der Waals surface area (Å²) < 4.78 is 7.17. The number of hydrogen-bond acceptors (Lipinski definition) is 3. The Morgan fingerprint density at radius 3 is 1.17 bits per heavy atom. The molecule has 0 aliphatic heterocycles. The van der Waals surface area contributed by atoms with Crippen molar-refractivity contribution in [2.24, 2.45) is 0 Å². The Bertz CT molecular complexity index is 4570. The van der Waals surface area contributed by atoms with Crippen molar-refractivity contribution < 1.29 is 0 Å². The third-order valence-corrected chi connectivity index (χ3v) is 14.9. The largest absolute Gasteiger partial charge is 0.309 e. The van der Waals surface area contributed by atoms with Crippen LogP contribution in [-0.4, -0.2) is 28.7 Å². The maximum absolute atomic E-state index is 5.01. The maximum Gasteiger partial charge on any atom is 0.164 e. The molecular weight excluding hydrogens is 913 g/mol. The first-order chi connectivity index (χ1) is 37.2. The van der Waals surface area contributed by atoms with Crippen LogP contribution in [0.2, 0.25) is 0 Å². The fraction of sp³-hybridized carbons (Fsp3) is 0. The van der Waals surface area contributed by atoms with Crippen molar-refractivity contribution in [3.8, 4) is 73.5 Å². The Kier molecular flexibility index (Phi) is 9.78. The molecular formula is C69H44N6. The van der Waals surface area contributed by atoms with Gasteiger partial charge in [-0.2, -0.15) is 0 Å². The van der Waals surface area contributed by atoms with E-state index in [0.29, 0.717) is 17.5 Å². The molecule has 0 amide bonds. The molecule has 6 heteroatoms. The summed E-state index contributed by atoms with van der Waals surface area (Å²) in [6, 6.07) is 95.4. The van der Waals surface area contributed by atoms with E-state index in [2.05, 4.69) is 220 Å². The zero-order chi connectivity index (χ0) is 49.4. The minimum Gasteiger partial charge on any atom is -0.309 e. The summed E-state index contributed by atoms with van der Waals surface area (Å²) >= 11 is 0. The van der Waals surface area contributed by atoms with Crippen LogP contribution in [0.5, 0.6) is 0 Å². The second-order valence-electron chi connectivity index (χ2n) is 19.2. The van der Waals surface area contributed by atoms with Crippen LogP contribution in [0, 0.1) is 0 Å². The van der Waals surface area contributed by atoms with Crippen molar-refractivity contribution in [3.63, 3.8) is 0 Å². The molecule has 4 heterocycles. The summed E-state index contributed by atoms with van der Waals surface area (Å²) in [5, 5.41) is 7.38. The zero-order valence-electron chi connectivity index (χ0n) is 40.6. The fourth-order valence-electron chi connectivity index (χ4n) is 11.5. The minimum absolute atomic E-state index is 0.630. The van der Waals surface area contributed by atoms with Crippen LogP contribution >= 0.6 is 0 Å². The Hall–Kier alpha value is -10.2. The Morgan fingerprint density at radius 1 is 0.213 bits per heavy atom. The van der Waals surface area contributed by atoms with Gasteiger partial charge in [0.15, 0.2) is 17.5 Å². The van der Waals surface area contributed by atoms with E-state index >= 15 is 0 Å². The number of rotatable bonds is 8. The average Bonchev–Trinajstić information content (AvgIpc) is 4.13. The van der Waals surface area contributed by atoms with E-state index in [-0.39, 0.29) is 0 Å². The maximum atomic E-state index is 5.01. The molecule has 0 unspecified atom stereocenters. The molecule has 0 N–H and O–H groups in total. The summed E-state index contributed by atoms with van der Waals surface area (Å²) in [7, 11) is 0. The molecule has 0 radical (unpaired) electrons. The standard InChI is InChI=1S/C69H44N6/c1-3-17-46(18-4-1)67-70-68(47-19-5-2-6-20-47)72-69(71-67)48-35-40-52(41-36-48)74-63-31-14-10-26-58(63)66-54(27-16-32-65(66)74)50-37-42-64-59(44-50)57-25-9-13-30-62(57)75(64)53-22-15-21-49(43-53)45-33-38-51(39-34-45)73-60-28-11-7-23-55(60)56-24-8-12-29-61(56)73/h1-44H. The lowest BCUT2D eigenvalue weighted by Crippen LogP contribution is -2.00. The Morgan fingerprint density at radius 2 is 0.600 bits per heavy atom. The number of aromatic nitrogens is 6. The van der Waals surface area contributed by atoms with Crippen molar-refractivity contribution in [1.82, 2.24) is 28.7 Å². The molecule has 350 valence electrons. The topological polar surface area (TPSA) is 53.5 Å². The summed E-state index contributed by atoms with van der Waals surface area (Å²) in [5.41, 5.74) is 17.9. The molecule has 0 saturated carbocycles. The molecule has 15 rings (SSSR count). The molecule has 0 fully saturated rings. The molecule has 0 aliphatic rings. The number of para-hydroxylation sites is 4. The van der Waals surface area contributed by atoms with Gasteiger partial charge >= 0.3 is 0 Å². The van der Waals surface area contributed by atoms with Crippen molar-refractivity contribution in [3.05, 3.63) is 267 Å². The van der Waals surface area contributed by atoms with Crippen LogP contribution in [0.3, 0.4) is 0 Å². The van der Waals surface area contributed by atoms with Gasteiger partial charge in [-0.3, -0.25) is 0 Å². The van der Waals surface area contributed by atoms with Crippen molar-refractivity contribution >= 4 is 65.4 Å². The van der Waals surface area contributed by atoms with E-state index < -0.39 is 0 Å². The number of fused-ring (bicyclic) bond motifs is 9. The predicted octanol–water partition coefficient (Wildman–Crippen LogP) is 17.5. The van der Waals surface area contributed by atoms with Gasteiger partial charge in [0.05, 0.1) is 33.1 Å². The molecule has 75 heavy (non-hydrogen) atoms. The quantitative estimate of drug-likeness (QED) is 0.152. The van der Waals surface area contributed by atoms with Crippen LogP contribution in [0.4, 0.5) is 0 Å². The molecule has 15 aromatic rings. The lowest BCUT2D eigenvalue weighted by Gasteiger charge is -2.12. The monoisotopic (exact) mass is 956 g/mol. The third kappa shape index (κ3) is 6.99.